The van der Waals surface area contributed by atoms with E-state index in [2.05, 4.69) is 31.8 Å². The molecule has 0 radical (unpaired) electrons. The number of likely N-dealkylation sites (N-methyl/N-ethyl adjacent to an activating group) is 1. The van der Waals surface area contributed by atoms with Crippen molar-refractivity contribution in [2.75, 3.05) is 27.5 Å². The van der Waals surface area contributed by atoms with Crippen molar-refractivity contribution in [2.24, 2.45) is 0 Å². The molecule has 1 N–H and O–H groups in total. The van der Waals surface area contributed by atoms with Gasteiger partial charge in [-0.25, -0.2) is 0 Å². The summed E-state index contributed by atoms with van der Waals surface area (Å²) in [5, 5.41) is 22.8. The molecule has 0 aromatic heterocycles. The van der Waals surface area contributed by atoms with Crippen LogP contribution in [0.3, 0.4) is 0 Å². The average molecular weight is 730 g/mol. The van der Waals surface area contributed by atoms with Crippen LogP contribution < -0.4 is 18.9 Å². The monoisotopic (exact) mass is 728 g/mol. The van der Waals surface area contributed by atoms with Crippen LogP contribution in [0, 0.1) is 25.2 Å². The van der Waals surface area contributed by atoms with Gasteiger partial charge in [0.05, 0.1) is 36.4 Å². The molecule has 5 aliphatic heterocycles. The predicted octanol–water partition coefficient (Wildman–Crippen LogP) is 4.50. The minimum absolute atomic E-state index is 0.0219. The van der Waals surface area contributed by atoms with Crippen LogP contribution in [-0.4, -0.2) is 83.2 Å². The Hall–Kier alpha value is -4.64. The van der Waals surface area contributed by atoms with Crippen molar-refractivity contribution in [1.82, 2.24) is 14.7 Å². The van der Waals surface area contributed by atoms with Crippen molar-refractivity contribution >= 4 is 33.7 Å². The summed E-state index contributed by atoms with van der Waals surface area (Å²) in [5.74, 6) is 0.159. The number of hydrogen-bond donors (Lipinski definition) is 1. The molecular formula is C36H33BrN4O8. The lowest BCUT2D eigenvalue weighted by Crippen LogP contribution is -2.69. The zero-order chi connectivity index (χ0) is 34.6. The second kappa shape index (κ2) is 11.2. The Morgan fingerprint density at radius 2 is 1.67 bits per heavy atom. The first-order chi connectivity index (χ1) is 23.5. The Morgan fingerprint density at radius 1 is 1.02 bits per heavy atom. The SMILES string of the molecule is COc1c(C)c(Br)c2c(c1O)[C@@H]1[C@@H]3Cc4c(OC(C)=O)c(C)c5c(c4[C@H](CN4C(=O)c6ccccc6C4=O)N3[C@@H](C#N)C(C2)N1C)OCO5. The summed E-state index contributed by atoms with van der Waals surface area (Å²) in [7, 11) is 3.47. The third-order valence-electron chi connectivity index (χ3n) is 10.9. The van der Waals surface area contributed by atoms with Gasteiger partial charge in [-0.3, -0.25) is 29.1 Å². The van der Waals surface area contributed by atoms with Gasteiger partial charge < -0.3 is 24.1 Å². The number of phenolic OH excluding ortho intramolecular Hbond substituents is 1. The Morgan fingerprint density at radius 3 is 2.31 bits per heavy atom. The van der Waals surface area contributed by atoms with Crippen molar-refractivity contribution in [3.8, 4) is 34.8 Å². The number of fused-ring (bicyclic) bond motifs is 10. The van der Waals surface area contributed by atoms with Gasteiger partial charge in [0.15, 0.2) is 23.0 Å². The second-order valence-corrected chi connectivity index (χ2v) is 14.0. The number of carbonyl (C=O) groups is 3. The highest BCUT2D eigenvalue weighted by molar-refractivity contribution is 9.10. The van der Waals surface area contributed by atoms with Crippen molar-refractivity contribution in [3.05, 3.63) is 73.2 Å². The number of imide groups is 1. The molecule has 49 heavy (non-hydrogen) atoms. The minimum Gasteiger partial charge on any atom is -0.504 e. The van der Waals surface area contributed by atoms with Gasteiger partial charge in [0.25, 0.3) is 11.8 Å². The fraction of sp³-hybridized carbons (Fsp3) is 0.389. The Balaban J connectivity index is 1.39. The normalized spacial score (nSPS) is 24.9. The summed E-state index contributed by atoms with van der Waals surface area (Å²) < 4.78 is 24.4. The molecule has 0 saturated carbocycles. The molecule has 5 aliphatic rings. The topological polar surface area (TPSA) is 142 Å². The van der Waals surface area contributed by atoms with Gasteiger partial charge in [0.2, 0.25) is 6.79 Å². The first kappa shape index (κ1) is 31.6. The van der Waals surface area contributed by atoms with Crippen LogP contribution in [0.1, 0.15) is 73.1 Å². The van der Waals surface area contributed by atoms with E-state index < -0.39 is 42.0 Å². The van der Waals surface area contributed by atoms with E-state index in [1.807, 2.05) is 14.0 Å². The van der Waals surface area contributed by atoms with Gasteiger partial charge in [0.1, 0.15) is 11.8 Å². The molecule has 3 aromatic rings. The lowest BCUT2D eigenvalue weighted by Gasteiger charge is -2.60. The third kappa shape index (κ3) is 4.23. The lowest BCUT2D eigenvalue weighted by atomic mass is 9.71. The number of piperazine rings is 1. The molecule has 12 nitrogen and oxygen atoms in total. The van der Waals surface area contributed by atoms with E-state index in [-0.39, 0.29) is 25.1 Å². The van der Waals surface area contributed by atoms with Crippen molar-refractivity contribution in [3.63, 3.8) is 0 Å². The quantitative estimate of drug-likeness (QED) is 0.231. The van der Waals surface area contributed by atoms with Crippen LogP contribution in [-0.2, 0) is 17.6 Å². The molecule has 3 aromatic carbocycles. The number of aromatic hydroxyl groups is 1. The number of nitriles is 1. The fourth-order valence-corrected chi connectivity index (χ4v) is 9.44. The summed E-state index contributed by atoms with van der Waals surface area (Å²) in [5.41, 5.74) is 4.80. The maximum atomic E-state index is 13.8. The number of halogens is 1. The molecule has 13 heteroatoms. The molecular weight excluding hydrogens is 696 g/mol. The summed E-state index contributed by atoms with van der Waals surface area (Å²) in [6, 6.07) is 6.55. The van der Waals surface area contributed by atoms with Crippen LogP contribution in [0.4, 0.5) is 0 Å². The number of methoxy groups -OCH3 is 1. The fourth-order valence-electron chi connectivity index (χ4n) is 8.88. The maximum absolute atomic E-state index is 13.8. The molecule has 8 rings (SSSR count). The van der Waals surface area contributed by atoms with E-state index >= 15 is 0 Å². The maximum Gasteiger partial charge on any atom is 0.308 e. The summed E-state index contributed by atoms with van der Waals surface area (Å²) in [4.78, 5) is 45.7. The van der Waals surface area contributed by atoms with Crippen LogP contribution in [0.2, 0.25) is 0 Å². The summed E-state index contributed by atoms with van der Waals surface area (Å²) in [6.07, 6.45) is 0.736. The lowest BCUT2D eigenvalue weighted by molar-refractivity contribution is -0.132. The van der Waals surface area contributed by atoms with E-state index in [0.717, 1.165) is 15.6 Å². The predicted molar refractivity (Wildman–Crippen MR) is 177 cm³/mol. The molecule has 2 bridgehead atoms. The standard InChI is InChI=1S/C36H33BrN4O8/c1-15-28(37)20-10-22-24(12-38)41-23(29(39(22)4)27(20)30(43)32(15)46-5)11-21-26(34-33(47-14-48-34)16(2)31(21)49-17(3)42)25(41)13-40-35(44)18-8-6-7-9-19(18)36(40)45/h6-9,22-25,29,43H,10-11,13-14H2,1-5H3/t22?,23-,24-,25-,29-/m0/s1. The molecule has 0 aliphatic carbocycles. The van der Waals surface area contributed by atoms with E-state index in [0.29, 0.717) is 69.2 Å². The smallest absolute Gasteiger partial charge is 0.308 e. The highest BCUT2D eigenvalue weighted by Gasteiger charge is 2.58. The molecule has 1 unspecified atom stereocenters. The highest BCUT2D eigenvalue weighted by Crippen LogP contribution is 2.59. The Labute approximate surface area is 290 Å². The first-order valence-electron chi connectivity index (χ1n) is 16.0. The zero-order valence-electron chi connectivity index (χ0n) is 27.5. The van der Waals surface area contributed by atoms with Gasteiger partial charge >= 0.3 is 5.97 Å². The molecule has 1 saturated heterocycles. The van der Waals surface area contributed by atoms with Crippen LogP contribution in [0.5, 0.6) is 28.7 Å². The second-order valence-electron chi connectivity index (χ2n) is 13.2. The molecule has 5 heterocycles. The van der Waals surface area contributed by atoms with E-state index in [9.17, 15) is 24.8 Å². The summed E-state index contributed by atoms with van der Waals surface area (Å²) in [6.45, 7) is 4.82. The minimum atomic E-state index is -0.760. The van der Waals surface area contributed by atoms with Crippen LogP contribution in [0.15, 0.2) is 28.7 Å². The Kier molecular flexibility index (Phi) is 7.22. The zero-order valence-corrected chi connectivity index (χ0v) is 29.1. The molecule has 5 atom stereocenters. The number of phenols is 1. The van der Waals surface area contributed by atoms with Crippen LogP contribution >= 0.6 is 15.9 Å². The number of rotatable bonds is 4. The number of ether oxygens (including phenoxy) is 4. The third-order valence-corrected chi connectivity index (χ3v) is 12.0. The molecule has 2 amide bonds. The molecule has 1 fully saturated rings. The van der Waals surface area contributed by atoms with Gasteiger partial charge in [-0.15, -0.1) is 0 Å². The number of hydrogen-bond acceptors (Lipinski definition) is 11. The number of carbonyl (C=O) groups excluding carboxylic acids is 3. The van der Waals surface area contributed by atoms with Crippen LogP contribution in [0.25, 0.3) is 0 Å². The van der Waals surface area contributed by atoms with Gasteiger partial charge in [0, 0.05) is 57.8 Å². The van der Waals surface area contributed by atoms with Gasteiger partial charge in [-0.1, -0.05) is 28.1 Å². The molecule has 0 spiro atoms. The van der Waals surface area contributed by atoms with Crippen molar-refractivity contribution in [1.29, 1.82) is 5.26 Å². The average Bonchev–Trinajstić information content (AvgIpc) is 3.66. The van der Waals surface area contributed by atoms with Crippen molar-refractivity contribution < 1.29 is 38.4 Å². The van der Waals surface area contributed by atoms with Gasteiger partial charge in [-0.05, 0) is 51.4 Å². The first-order valence-corrected chi connectivity index (χ1v) is 16.8. The van der Waals surface area contributed by atoms with E-state index in [1.54, 1.807) is 31.2 Å². The molecule has 252 valence electrons. The number of benzene rings is 3. The van der Waals surface area contributed by atoms with E-state index in [4.69, 9.17) is 18.9 Å². The number of amides is 2. The number of esters is 1. The van der Waals surface area contributed by atoms with E-state index in [1.165, 1.54) is 18.9 Å². The van der Waals surface area contributed by atoms with Gasteiger partial charge in [-0.2, -0.15) is 5.26 Å². The largest absolute Gasteiger partial charge is 0.504 e. The summed E-state index contributed by atoms with van der Waals surface area (Å²) >= 11 is 3.78. The number of nitrogens with zero attached hydrogens (tertiary/aromatic N) is 4. The Bertz CT molecular complexity index is 2020. The highest BCUT2D eigenvalue weighted by atomic mass is 79.9. The van der Waals surface area contributed by atoms with Crippen molar-refractivity contribution in [2.45, 2.75) is 63.8 Å².